The van der Waals surface area contributed by atoms with E-state index in [1.54, 1.807) is 0 Å². The van der Waals surface area contributed by atoms with Crippen LogP contribution < -0.4 is 0 Å². The van der Waals surface area contributed by atoms with Crippen LogP contribution in [0, 0.1) is 0 Å². The Morgan fingerprint density at radius 1 is 1.08 bits per heavy atom. The van der Waals surface area contributed by atoms with Gasteiger partial charge in [-0.3, -0.25) is 0 Å². The number of likely N-dealkylation sites (tertiary alicyclic amines) is 1. The Labute approximate surface area is 142 Å². The van der Waals surface area contributed by atoms with Gasteiger partial charge in [-0.1, -0.05) is 32.0 Å². The average Bonchev–Trinajstić information content (AvgIpc) is 3.31. The minimum absolute atomic E-state index is 0.244. The second-order valence-corrected chi connectivity index (χ2v) is 6.89. The summed E-state index contributed by atoms with van der Waals surface area (Å²) in [5.41, 5.74) is 2.26. The number of nitrogens with zero attached hydrogens (tertiary/aromatic N) is 4. The molecule has 1 saturated heterocycles. The smallest absolute Gasteiger partial charge is 0.264 e. The summed E-state index contributed by atoms with van der Waals surface area (Å²) in [7, 11) is 0. The molecule has 1 aliphatic rings. The average molecular weight is 324 g/mol. The van der Waals surface area contributed by atoms with Gasteiger partial charge in [-0.2, -0.15) is 0 Å². The zero-order valence-electron chi connectivity index (χ0n) is 14.4. The van der Waals surface area contributed by atoms with Crippen LogP contribution in [-0.2, 0) is 6.54 Å². The van der Waals surface area contributed by atoms with Crippen molar-refractivity contribution in [3.8, 4) is 11.6 Å². The molecule has 1 aromatic carbocycles. The van der Waals surface area contributed by atoms with Crippen LogP contribution in [0.2, 0.25) is 0 Å². The third kappa shape index (κ3) is 2.84. The van der Waals surface area contributed by atoms with Gasteiger partial charge >= 0.3 is 0 Å². The van der Waals surface area contributed by atoms with Crippen LogP contribution in [0.25, 0.3) is 22.5 Å². The number of aromatic nitrogens is 3. The van der Waals surface area contributed by atoms with Gasteiger partial charge in [0.1, 0.15) is 5.69 Å². The normalized spacial score (nSPS) is 15.8. The highest BCUT2D eigenvalue weighted by Gasteiger charge is 2.18. The molecule has 126 valence electrons. The van der Waals surface area contributed by atoms with E-state index >= 15 is 0 Å². The predicted molar refractivity (Wildman–Crippen MR) is 95.0 cm³/mol. The van der Waals surface area contributed by atoms with Gasteiger partial charge in [0.25, 0.3) is 5.89 Å². The van der Waals surface area contributed by atoms with E-state index in [4.69, 9.17) is 4.42 Å². The predicted octanol–water partition coefficient (Wildman–Crippen LogP) is 3.91. The molecule has 2 aromatic heterocycles. The van der Waals surface area contributed by atoms with Crippen molar-refractivity contribution in [1.82, 2.24) is 19.7 Å². The lowest BCUT2D eigenvalue weighted by molar-refractivity contribution is 0.324. The Bertz CT molecular complexity index is 827. The zero-order chi connectivity index (χ0) is 16.5. The third-order valence-corrected chi connectivity index (χ3v) is 4.80. The van der Waals surface area contributed by atoms with E-state index in [9.17, 15) is 0 Å². The van der Waals surface area contributed by atoms with Crippen molar-refractivity contribution in [2.24, 2.45) is 0 Å². The first-order valence-corrected chi connectivity index (χ1v) is 8.87. The molecule has 3 aromatic rings. The number of hydrogen-bond acceptors (Lipinski definition) is 4. The number of rotatable bonds is 5. The van der Waals surface area contributed by atoms with E-state index in [1.165, 1.54) is 36.8 Å². The van der Waals surface area contributed by atoms with Crippen molar-refractivity contribution in [3.63, 3.8) is 0 Å². The largest absolute Gasteiger partial charge is 0.419 e. The van der Waals surface area contributed by atoms with E-state index in [0.29, 0.717) is 11.8 Å². The molecule has 5 nitrogen and oxygen atoms in total. The van der Waals surface area contributed by atoms with E-state index < -0.39 is 0 Å². The van der Waals surface area contributed by atoms with E-state index in [2.05, 4.69) is 63.8 Å². The molecule has 0 aliphatic carbocycles. The van der Waals surface area contributed by atoms with Crippen LogP contribution in [0.4, 0.5) is 0 Å². The van der Waals surface area contributed by atoms with Crippen molar-refractivity contribution < 1.29 is 4.42 Å². The Morgan fingerprint density at radius 3 is 2.62 bits per heavy atom. The minimum atomic E-state index is 0.244. The van der Waals surface area contributed by atoms with Gasteiger partial charge in [0.2, 0.25) is 5.89 Å². The standard InChI is InChI=1S/C19H24N4O/c1-14(2)18-20-21-19(24-18)17-13-15-7-3-4-8-16(15)23(17)12-11-22-9-5-6-10-22/h3-4,7-8,13-14H,5-6,9-12H2,1-2H3. The molecule has 0 radical (unpaired) electrons. The first-order valence-electron chi connectivity index (χ1n) is 8.87. The second-order valence-electron chi connectivity index (χ2n) is 6.89. The molecule has 24 heavy (non-hydrogen) atoms. The van der Waals surface area contributed by atoms with Gasteiger partial charge in [-0.15, -0.1) is 10.2 Å². The first kappa shape index (κ1) is 15.4. The molecule has 0 amide bonds. The number of fused-ring (bicyclic) bond motifs is 1. The second kappa shape index (κ2) is 6.40. The van der Waals surface area contributed by atoms with Crippen LogP contribution in [0.3, 0.4) is 0 Å². The Morgan fingerprint density at radius 2 is 1.88 bits per heavy atom. The van der Waals surface area contributed by atoms with E-state index in [-0.39, 0.29) is 5.92 Å². The quantitative estimate of drug-likeness (QED) is 0.714. The van der Waals surface area contributed by atoms with Gasteiger partial charge in [0.15, 0.2) is 0 Å². The maximum absolute atomic E-state index is 5.92. The van der Waals surface area contributed by atoms with Crippen LogP contribution in [0.15, 0.2) is 34.7 Å². The molecule has 0 spiro atoms. The van der Waals surface area contributed by atoms with Crippen molar-refractivity contribution >= 4 is 10.9 Å². The fourth-order valence-corrected chi connectivity index (χ4v) is 3.45. The van der Waals surface area contributed by atoms with Crippen molar-refractivity contribution in [3.05, 3.63) is 36.2 Å². The lowest BCUT2D eigenvalue weighted by Crippen LogP contribution is -2.24. The minimum Gasteiger partial charge on any atom is -0.419 e. The summed E-state index contributed by atoms with van der Waals surface area (Å²) in [5, 5.41) is 9.71. The molecule has 0 unspecified atom stereocenters. The molecule has 1 fully saturated rings. The van der Waals surface area contributed by atoms with Gasteiger partial charge in [0, 0.05) is 29.9 Å². The highest BCUT2D eigenvalue weighted by molar-refractivity contribution is 5.85. The summed E-state index contributed by atoms with van der Waals surface area (Å²) < 4.78 is 8.24. The molecule has 3 heterocycles. The lowest BCUT2D eigenvalue weighted by Gasteiger charge is -2.16. The van der Waals surface area contributed by atoms with Gasteiger partial charge in [0.05, 0.1) is 0 Å². The molecule has 0 N–H and O–H groups in total. The molecular formula is C19H24N4O. The van der Waals surface area contributed by atoms with Crippen molar-refractivity contribution in [2.45, 2.75) is 39.2 Å². The number of hydrogen-bond donors (Lipinski definition) is 0. The number of para-hydroxylation sites is 1. The Hall–Kier alpha value is -2.14. The van der Waals surface area contributed by atoms with Gasteiger partial charge in [-0.25, -0.2) is 0 Å². The van der Waals surface area contributed by atoms with E-state index in [0.717, 1.165) is 18.8 Å². The van der Waals surface area contributed by atoms with Gasteiger partial charge < -0.3 is 13.9 Å². The highest BCUT2D eigenvalue weighted by Crippen LogP contribution is 2.28. The molecular weight excluding hydrogens is 300 g/mol. The summed E-state index contributed by atoms with van der Waals surface area (Å²) in [5.74, 6) is 1.56. The summed E-state index contributed by atoms with van der Waals surface area (Å²) in [6, 6.07) is 10.6. The van der Waals surface area contributed by atoms with Crippen LogP contribution in [0.1, 0.15) is 38.5 Å². The molecule has 5 heteroatoms. The Kier molecular flexibility index (Phi) is 4.10. The SMILES string of the molecule is CC(C)c1nnc(-c2cc3ccccc3n2CCN2CCCC2)o1. The maximum Gasteiger partial charge on any atom is 0.264 e. The fourth-order valence-electron chi connectivity index (χ4n) is 3.45. The maximum atomic E-state index is 5.92. The van der Waals surface area contributed by atoms with Gasteiger partial charge in [-0.05, 0) is 38.1 Å². The first-order chi connectivity index (χ1) is 11.7. The topological polar surface area (TPSA) is 47.1 Å². The highest BCUT2D eigenvalue weighted by atomic mass is 16.4. The molecule has 1 aliphatic heterocycles. The van der Waals surface area contributed by atoms with Crippen molar-refractivity contribution in [2.75, 3.05) is 19.6 Å². The van der Waals surface area contributed by atoms with Crippen LogP contribution in [-0.4, -0.2) is 39.3 Å². The lowest BCUT2D eigenvalue weighted by atomic mass is 10.2. The summed E-state index contributed by atoms with van der Waals surface area (Å²) >= 11 is 0. The van der Waals surface area contributed by atoms with Crippen LogP contribution >= 0.6 is 0 Å². The molecule has 0 bridgehead atoms. The molecule has 0 saturated carbocycles. The fraction of sp³-hybridized carbons (Fsp3) is 0.474. The van der Waals surface area contributed by atoms with Crippen molar-refractivity contribution in [1.29, 1.82) is 0 Å². The summed E-state index contributed by atoms with van der Waals surface area (Å²) in [4.78, 5) is 2.53. The molecule has 4 rings (SSSR count). The number of benzene rings is 1. The summed E-state index contributed by atoms with van der Waals surface area (Å²) in [6.45, 7) is 8.58. The van der Waals surface area contributed by atoms with E-state index in [1.807, 2.05) is 0 Å². The Balaban J connectivity index is 1.71. The monoisotopic (exact) mass is 324 g/mol. The molecule has 0 atom stereocenters. The zero-order valence-corrected chi connectivity index (χ0v) is 14.4. The van der Waals surface area contributed by atoms with Crippen LogP contribution in [0.5, 0.6) is 0 Å². The third-order valence-electron chi connectivity index (χ3n) is 4.80. The summed E-state index contributed by atoms with van der Waals surface area (Å²) in [6.07, 6.45) is 2.64.